The van der Waals surface area contributed by atoms with E-state index in [4.69, 9.17) is 4.74 Å². The van der Waals surface area contributed by atoms with E-state index in [0.717, 1.165) is 10.9 Å². The molecule has 5 nitrogen and oxygen atoms in total. The molecule has 3 aromatic rings. The minimum Gasteiger partial charge on any atom is -0.443 e. The Morgan fingerprint density at radius 2 is 1.68 bits per heavy atom. The normalized spacial score (nSPS) is 19.1. The van der Waals surface area contributed by atoms with Crippen LogP contribution < -0.4 is 0 Å². The molecule has 0 amide bonds. The fourth-order valence-electron chi connectivity index (χ4n) is 3.99. The summed E-state index contributed by atoms with van der Waals surface area (Å²) in [5, 5.41) is 0.856. The molecule has 0 saturated carbocycles. The van der Waals surface area contributed by atoms with Crippen LogP contribution in [0.2, 0.25) is 0 Å². The maximum Gasteiger partial charge on any atom is 0.419 e. The lowest BCUT2D eigenvalue weighted by Gasteiger charge is -2.24. The zero-order valence-corrected chi connectivity index (χ0v) is 17.9. The molecule has 0 fully saturated rings. The summed E-state index contributed by atoms with van der Waals surface area (Å²) >= 11 is 0. The monoisotopic (exact) mass is 415 g/mol. The summed E-state index contributed by atoms with van der Waals surface area (Å²) in [6.45, 7) is 5.42. The fraction of sp³-hybridized carbons (Fsp3) is 0.269. The maximum absolute atomic E-state index is 13.3. The summed E-state index contributed by atoms with van der Waals surface area (Å²) in [6, 6.07) is 18.7. The number of carbonyl (C=O) groups excluding carboxylic acids is 3. The predicted octanol–water partition coefficient (Wildman–Crippen LogP) is 5.08. The summed E-state index contributed by atoms with van der Waals surface area (Å²) in [6.07, 6.45) is 2.78. The number of hydrogen-bond donors (Lipinski definition) is 0. The van der Waals surface area contributed by atoms with Crippen LogP contribution in [0.5, 0.6) is 0 Å². The van der Waals surface area contributed by atoms with Crippen LogP contribution in [-0.2, 0) is 20.7 Å². The van der Waals surface area contributed by atoms with Crippen molar-refractivity contribution in [1.82, 2.24) is 4.57 Å². The summed E-state index contributed by atoms with van der Waals surface area (Å²) in [5.74, 6) is -1.71. The van der Waals surface area contributed by atoms with E-state index >= 15 is 0 Å². The molecule has 0 aliphatic heterocycles. The Bertz CT molecular complexity index is 1180. The van der Waals surface area contributed by atoms with Gasteiger partial charge in [0.2, 0.25) is 0 Å². The zero-order valence-electron chi connectivity index (χ0n) is 17.9. The number of fused-ring (bicyclic) bond motifs is 1. The first-order chi connectivity index (χ1) is 14.7. The first-order valence-corrected chi connectivity index (χ1v) is 10.4. The van der Waals surface area contributed by atoms with E-state index < -0.39 is 23.5 Å². The van der Waals surface area contributed by atoms with Crippen molar-refractivity contribution in [1.29, 1.82) is 0 Å². The Labute approximate surface area is 181 Å². The van der Waals surface area contributed by atoms with Gasteiger partial charge >= 0.3 is 6.09 Å². The average molecular weight is 415 g/mol. The highest BCUT2D eigenvalue weighted by atomic mass is 16.6. The van der Waals surface area contributed by atoms with E-state index in [1.54, 1.807) is 26.8 Å². The molecule has 2 aromatic carbocycles. The van der Waals surface area contributed by atoms with Gasteiger partial charge in [0.1, 0.15) is 5.60 Å². The van der Waals surface area contributed by atoms with E-state index in [9.17, 15) is 14.4 Å². The van der Waals surface area contributed by atoms with Gasteiger partial charge in [0.05, 0.1) is 17.4 Å². The van der Waals surface area contributed by atoms with Crippen molar-refractivity contribution >= 4 is 28.6 Å². The third-order valence-corrected chi connectivity index (χ3v) is 5.38. The van der Waals surface area contributed by atoms with E-state index in [0.29, 0.717) is 11.2 Å². The lowest BCUT2D eigenvalue weighted by atomic mass is 9.78. The number of benzene rings is 2. The first kappa shape index (κ1) is 20.8. The molecular weight excluding hydrogens is 390 g/mol. The number of carbonyl (C=O) groups is 3. The molecule has 0 radical (unpaired) electrons. The second kappa shape index (κ2) is 7.99. The van der Waals surface area contributed by atoms with Crippen molar-refractivity contribution in [3.63, 3.8) is 0 Å². The van der Waals surface area contributed by atoms with Crippen molar-refractivity contribution in [2.45, 2.75) is 38.7 Å². The largest absolute Gasteiger partial charge is 0.443 e. The number of rotatable bonds is 3. The molecule has 1 aliphatic rings. The third-order valence-electron chi connectivity index (χ3n) is 5.38. The van der Waals surface area contributed by atoms with Crippen LogP contribution in [0.1, 0.15) is 37.9 Å². The molecule has 158 valence electrons. The van der Waals surface area contributed by atoms with Crippen LogP contribution in [0.3, 0.4) is 0 Å². The summed E-state index contributed by atoms with van der Waals surface area (Å²) in [4.78, 5) is 39.0. The van der Waals surface area contributed by atoms with Gasteiger partial charge in [0.25, 0.3) is 0 Å². The van der Waals surface area contributed by atoms with Gasteiger partial charge in [-0.3, -0.25) is 9.59 Å². The highest BCUT2D eigenvalue weighted by molar-refractivity contribution is 6.13. The van der Waals surface area contributed by atoms with E-state index in [1.807, 2.05) is 60.7 Å². The molecule has 0 bridgehead atoms. The minimum atomic E-state index is -0.847. The van der Waals surface area contributed by atoms with Crippen LogP contribution in [0.4, 0.5) is 4.79 Å². The van der Waals surface area contributed by atoms with Gasteiger partial charge in [0, 0.05) is 17.5 Å². The van der Waals surface area contributed by atoms with Crippen LogP contribution in [0, 0.1) is 5.92 Å². The third kappa shape index (κ3) is 4.22. The second-order valence-electron chi connectivity index (χ2n) is 8.82. The van der Waals surface area contributed by atoms with Crippen molar-refractivity contribution in [3.05, 3.63) is 84.1 Å². The SMILES string of the molecule is CC(C)(C)OC(=O)n1c(CC2C(=O)C=CC(c3ccccc3)C2=O)cc2ccccc21. The van der Waals surface area contributed by atoms with E-state index in [1.165, 1.54) is 10.6 Å². The molecule has 4 rings (SSSR count). The molecule has 0 N–H and O–H groups in total. The molecule has 2 atom stereocenters. The Morgan fingerprint density at radius 3 is 2.39 bits per heavy atom. The standard InChI is InChI=1S/C26H25NO4/c1-26(2,3)31-25(30)27-19(15-18-11-7-8-12-22(18)27)16-21-23(28)14-13-20(24(21)29)17-9-5-4-6-10-17/h4-15,20-21H,16H2,1-3H3. The van der Waals surface area contributed by atoms with Crippen LogP contribution in [0.25, 0.3) is 10.9 Å². The summed E-state index contributed by atoms with van der Waals surface area (Å²) in [5.41, 5.74) is 1.47. The van der Waals surface area contributed by atoms with Crippen molar-refractivity contribution in [3.8, 4) is 0 Å². The number of hydrogen-bond acceptors (Lipinski definition) is 4. The van der Waals surface area contributed by atoms with Gasteiger partial charge in [-0.1, -0.05) is 54.6 Å². The Morgan fingerprint density at radius 1 is 1.00 bits per heavy atom. The zero-order chi connectivity index (χ0) is 22.2. The number of ketones is 2. The fourth-order valence-corrected chi connectivity index (χ4v) is 3.99. The molecule has 2 unspecified atom stereocenters. The minimum absolute atomic E-state index is 0.138. The molecule has 1 aromatic heterocycles. The van der Waals surface area contributed by atoms with Gasteiger partial charge in [-0.2, -0.15) is 0 Å². The number of ether oxygens (including phenoxy) is 1. The number of aromatic nitrogens is 1. The average Bonchev–Trinajstić information content (AvgIpc) is 3.09. The van der Waals surface area contributed by atoms with Crippen LogP contribution in [0.15, 0.2) is 72.8 Å². The van der Waals surface area contributed by atoms with E-state index in [2.05, 4.69) is 0 Å². The Hall–Kier alpha value is -3.47. The van der Waals surface area contributed by atoms with Gasteiger partial charge in [-0.05, 0) is 44.5 Å². The van der Waals surface area contributed by atoms with Crippen molar-refractivity contribution < 1.29 is 19.1 Å². The molecule has 0 spiro atoms. The summed E-state index contributed by atoms with van der Waals surface area (Å²) < 4.78 is 7.09. The molecule has 1 aliphatic carbocycles. The Kier molecular flexibility index (Phi) is 5.36. The highest BCUT2D eigenvalue weighted by Gasteiger charge is 2.36. The maximum atomic E-state index is 13.3. The predicted molar refractivity (Wildman–Crippen MR) is 119 cm³/mol. The Balaban J connectivity index is 1.72. The topological polar surface area (TPSA) is 65.4 Å². The number of allylic oxidation sites excluding steroid dienone is 2. The first-order valence-electron chi connectivity index (χ1n) is 10.4. The molecular formula is C26H25NO4. The number of Topliss-reactive ketones (excluding diaryl/α,β-unsaturated/α-hetero) is 1. The van der Waals surface area contributed by atoms with E-state index in [-0.39, 0.29) is 18.0 Å². The van der Waals surface area contributed by atoms with Crippen molar-refractivity contribution in [2.75, 3.05) is 0 Å². The molecule has 0 saturated heterocycles. The lowest BCUT2D eigenvalue weighted by Crippen LogP contribution is -2.34. The lowest BCUT2D eigenvalue weighted by molar-refractivity contribution is -0.131. The molecule has 5 heteroatoms. The molecule has 1 heterocycles. The second-order valence-corrected chi connectivity index (χ2v) is 8.82. The van der Waals surface area contributed by atoms with Gasteiger partial charge < -0.3 is 4.74 Å². The molecule has 31 heavy (non-hydrogen) atoms. The highest BCUT2D eigenvalue weighted by Crippen LogP contribution is 2.31. The van der Waals surface area contributed by atoms with Crippen molar-refractivity contribution in [2.24, 2.45) is 5.92 Å². The number of para-hydroxylation sites is 1. The van der Waals surface area contributed by atoms with Gasteiger partial charge in [-0.15, -0.1) is 0 Å². The van der Waals surface area contributed by atoms with Crippen LogP contribution in [-0.4, -0.2) is 27.8 Å². The number of nitrogens with zero attached hydrogens (tertiary/aromatic N) is 1. The van der Waals surface area contributed by atoms with Gasteiger partial charge in [0.15, 0.2) is 11.6 Å². The van der Waals surface area contributed by atoms with Crippen LogP contribution >= 0.6 is 0 Å². The summed E-state index contributed by atoms with van der Waals surface area (Å²) in [7, 11) is 0. The quantitative estimate of drug-likeness (QED) is 0.560. The van der Waals surface area contributed by atoms with Gasteiger partial charge in [-0.25, -0.2) is 9.36 Å². The smallest absolute Gasteiger partial charge is 0.419 e.